The van der Waals surface area contributed by atoms with E-state index in [0.29, 0.717) is 11.4 Å². The Kier molecular flexibility index (Phi) is 6.86. The average molecular weight is 543 g/mol. The Bertz CT molecular complexity index is 1730. The molecule has 3 heterocycles. The van der Waals surface area contributed by atoms with Gasteiger partial charge in [-0.2, -0.15) is 5.26 Å². The van der Waals surface area contributed by atoms with Crippen LogP contribution in [0.1, 0.15) is 30.0 Å². The minimum atomic E-state index is -0.0664. The molecule has 2 atom stereocenters. The monoisotopic (exact) mass is 542 g/mol. The normalized spacial score (nSPS) is 16.9. The third-order valence-electron chi connectivity index (χ3n) is 7.77. The van der Waals surface area contributed by atoms with Gasteiger partial charge < -0.3 is 19.5 Å². The first kappa shape index (κ1) is 26.1. The molecule has 41 heavy (non-hydrogen) atoms. The number of para-hydroxylation sites is 1. The van der Waals surface area contributed by atoms with E-state index in [1.54, 1.807) is 19.5 Å². The van der Waals surface area contributed by atoms with Crippen LogP contribution in [0.25, 0.3) is 33.2 Å². The maximum Gasteiger partial charge on any atom is 0.290 e. The minimum Gasteiger partial charge on any atom is -0.495 e. The second-order valence-corrected chi connectivity index (χ2v) is 10.4. The molecule has 1 N–H and O–H groups in total. The predicted octanol–water partition coefficient (Wildman–Crippen LogP) is 5.91. The summed E-state index contributed by atoms with van der Waals surface area (Å²) in [4.78, 5) is 29.2. The van der Waals surface area contributed by atoms with Gasteiger partial charge in [-0.3, -0.25) is 9.78 Å². The van der Waals surface area contributed by atoms with Crippen molar-refractivity contribution in [2.24, 2.45) is 0 Å². The highest BCUT2D eigenvalue weighted by atomic mass is 16.5. The molecule has 8 heteroatoms. The van der Waals surface area contributed by atoms with Crippen LogP contribution < -0.4 is 9.64 Å². The average Bonchev–Trinajstić information content (AvgIpc) is 3.55. The standard InChI is InChI=1S/C33H30N6O2/c1-21-19-38(20-22(2)39(21)33(40)32-35-15-16-36-32)26-13-11-25(12-14-26)29-18-37-30-27(5-4-6-28(30)31(29)41-3)24-9-7-23(17-34)8-10-24/h4-16,18,21-22H,19-20H2,1-3H3,(H,35,36)/t21-,22+. The van der Waals surface area contributed by atoms with Crippen molar-refractivity contribution in [3.8, 4) is 34.1 Å². The van der Waals surface area contributed by atoms with Gasteiger partial charge in [0, 0.05) is 66.0 Å². The highest BCUT2D eigenvalue weighted by molar-refractivity contribution is 6.00. The van der Waals surface area contributed by atoms with Crippen LogP contribution in [-0.2, 0) is 0 Å². The van der Waals surface area contributed by atoms with Crippen LogP contribution in [0.2, 0.25) is 0 Å². The predicted molar refractivity (Wildman–Crippen MR) is 160 cm³/mol. The lowest BCUT2D eigenvalue weighted by atomic mass is 9.97. The zero-order valence-corrected chi connectivity index (χ0v) is 23.2. The lowest BCUT2D eigenvalue weighted by molar-refractivity contribution is 0.0563. The quantitative estimate of drug-likeness (QED) is 0.296. The van der Waals surface area contributed by atoms with Crippen LogP contribution in [0.15, 0.2) is 85.3 Å². The number of piperazine rings is 1. The van der Waals surface area contributed by atoms with Gasteiger partial charge in [0.15, 0.2) is 5.82 Å². The van der Waals surface area contributed by atoms with Gasteiger partial charge in [-0.1, -0.05) is 36.4 Å². The van der Waals surface area contributed by atoms with Crippen LogP contribution >= 0.6 is 0 Å². The Morgan fingerprint density at radius 2 is 1.63 bits per heavy atom. The molecule has 0 saturated carbocycles. The Balaban J connectivity index is 1.27. The van der Waals surface area contributed by atoms with Gasteiger partial charge in [0.2, 0.25) is 0 Å². The van der Waals surface area contributed by atoms with Crippen LogP contribution in [0, 0.1) is 11.3 Å². The number of anilines is 1. The summed E-state index contributed by atoms with van der Waals surface area (Å²) < 4.78 is 5.94. The number of H-pyrrole nitrogens is 1. The van der Waals surface area contributed by atoms with Crippen molar-refractivity contribution in [1.29, 1.82) is 5.26 Å². The number of imidazole rings is 1. The number of nitrogens with zero attached hydrogens (tertiary/aromatic N) is 5. The molecule has 1 saturated heterocycles. The molecule has 0 aliphatic carbocycles. The van der Waals surface area contributed by atoms with Crippen molar-refractivity contribution in [3.63, 3.8) is 0 Å². The molecule has 3 aromatic carbocycles. The van der Waals surface area contributed by atoms with Crippen LogP contribution in [-0.4, -0.2) is 58.0 Å². The number of amides is 1. The fourth-order valence-corrected chi connectivity index (χ4v) is 5.87. The van der Waals surface area contributed by atoms with E-state index >= 15 is 0 Å². The maximum atomic E-state index is 13.0. The summed E-state index contributed by atoms with van der Waals surface area (Å²) in [6, 6.07) is 24.3. The Labute approximate surface area is 238 Å². The van der Waals surface area contributed by atoms with E-state index in [4.69, 9.17) is 15.0 Å². The number of carbonyl (C=O) groups is 1. The van der Waals surface area contributed by atoms with E-state index in [1.807, 2.05) is 53.6 Å². The number of ether oxygens (including phenoxy) is 1. The first-order valence-electron chi connectivity index (χ1n) is 13.6. The summed E-state index contributed by atoms with van der Waals surface area (Å²) in [6.07, 6.45) is 5.15. The number of pyridine rings is 1. The number of hydrogen-bond acceptors (Lipinski definition) is 6. The Hall–Kier alpha value is -5.16. The molecule has 0 spiro atoms. The summed E-state index contributed by atoms with van der Waals surface area (Å²) >= 11 is 0. The molecule has 1 amide bonds. The van der Waals surface area contributed by atoms with Crippen molar-refractivity contribution < 1.29 is 9.53 Å². The smallest absolute Gasteiger partial charge is 0.290 e. The number of rotatable bonds is 5. The molecule has 1 aliphatic rings. The van der Waals surface area contributed by atoms with Crippen molar-refractivity contribution >= 4 is 22.5 Å². The van der Waals surface area contributed by atoms with Gasteiger partial charge in [0.1, 0.15) is 5.75 Å². The number of fused-ring (bicyclic) bond motifs is 1. The zero-order chi connectivity index (χ0) is 28.5. The number of aromatic amines is 1. The summed E-state index contributed by atoms with van der Waals surface area (Å²) in [5.41, 5.74) is 6.48. The SMILES string of the molecule is COc1c(-c2ccc(N3C[C@@H](C)N(C(=O)c4ncc[nH]4)[C@@H](C)C3)cc2)cnc2c(-c3ccc(C#N)cc3)cccc12. The van der Waals surface area contributed by atoms with Gasteiger partial charge in [0.25, 0.3) is 5.91 Å². The molecule has 1 aliphatic heterocycles. The van der Waals surface area contributed by atoms with E-state index in [1.165, 1.54) is 0 Å². The van der Waals surface area contributed by atoms with E-state index in [0.717, 1.165) is 57.7 Å². The number of nitriles is 1. The molecule has 6 rings (SSSR count). The topological polar surface area (TPSA) is 98.1 Å². The molecular formula is C33H30N6O2. The first-order chi connectivity index (χ1) is 20.0. The van der Waals surface area contributed by atoms with Gasteiger partial charge in [-0.15, -0.1) is 0 Å². The summed E-state index contributed by atoms with van der Waals surface area (Å²) in [5, 5.41) is 10.1. The molecular weight excluding hydrogens is 512 g/mol. The molecule has 1 fully saturated rings. The van der Waals surface area contributed by atoms with E-state index in [-0.39, 0.29) is 18.0 Å². The molecule has 5 aromatic rings. The maximum absolute atomic E-state index is 13.0. The molecule has 0 unspecified atom stereocenters. The van der Waals surface area contributed by atoms with E-state index < -0.39 is 0 Å². The number of hydrogen-bond donors (Lipinski definition) is 1. The summed E-state index contributed by atoms with van der Waals surface area (Å²) in [6.45, 7) is 5.62. The summed E-state index contributed by atoms with van der Waals surface area (Å²) in [7, 11) is 1.69. The molecule has 8 nitrogen and oxygen atoms in total. The summed E-state index contributed by atoms with van der Waals surface area (Å²) in [5.74, 6) is 1.08. The van der Waals surface area contributed by atoms with Crippen molar-refractivity contribution in [2.45, 2.75) is 25.9 Å². The number of methoxy groups -OCH3 is 1. The number of carbonyl (C=O) groups excluding carboxylic acids is 1. The second-order valence-electron chi connectivity index (χ2n) is 10.4. The van der Waals surface area contributed by atoms with Gasteiger partial charge in [0.05, 0.1) is 24.3 Å². The molecule has 204 valence electrons. The Morgan fingerprint density at radius 3 is 2.27 bits per heavy atom. The van der Waals surface area contributed by atoms with Gasteiger partial charge in [-0.05, 0) is 55.3 Å². The molecule has 0 radical (unpaired) electrons. The fraction of sp³-hybridized carbons (Fsp3) is 0.212. The second kappa shape index (κ2) is 10.8. The van der Waals surface area contributed by atoms with E-state index in [2.05, 4.69) is 59.1 Å². The van der Waals surface area contributed by atoms with Crippen molar-refractivity contribution in [1.82, 2.24) is 19.9 Å². The highest BCUT2D eigenvalue weighted by Gasteiger charge is 2.34. The lowest BCUT2D eigenvalue weighted by Gasteiger charge is -2.45. The highest BCUT2D eigenvalue weighted by Crippen LogP contribution is 2.39. The molecule has 0 bridgehead atoms. The van der Waals surface area contributed by atoms with Gasteiger partial charge in [-0.25, -0.2) is 4.98 Å². The third kappa shape index (κ3) is 4.76. The lowest BCUT2D eigenvalue weighted by Crippen LogP contribution is -2.59. The molecule has 2 aromatic heterocycles. The fourth-order valence-electron chi connectivity index (χ4n) is 5.87. The van der Waals surface area contributed by atoms with Crippen LogP contribution in [0.3, 0.4) is 0 Å². The number of aromatic nitrogens is 3. The first-order valence-corrected chi connectivity index (χ1v) is 13.6. The Morgan fingerprint density at radius 1 is 0.951 bits per heavy atom. The van der Waals surface area contributed by atoms with Crippen LogP contribution in [0.4, 0.5) is 5.69 Å². The van der Waals surface area contributed by atoms with Gasteiger partial charge >= 0.3 is 0 Å². The number of nitrogens with one attached hydrogen (secondary N) is 1. The van der Waals surface area contributed by atoms with Crippen molar-refractivity contribution in [3.05, 3.63) is 96.7 Å². The zero-order valence-electron chi connectivity index (χ0n) is 23.2. The third-order valence-corrected chi connectivity index (χ3v) is 7.77. The number of benzene rings is 3. The van der Waals surface area contributed by atoms with Crippen molar-refractivity contribution in [2.75, 3.05) is 25.1 Å². The largest absolute Gasteiger partial charge is 0.495 e. The van der Waals surface area contributed by atoms with E-state index in [9.17, 15) is 4.79 Å². The minimum absolute atomic E-state index is 0.0334. The van der Waals surface area contributed by atoms with Crippen LogP contribution in [0.5, 0.6) is 5.75 Å².